The summed E-state index contributed by atoms with van der Waals surface area (Å²) in [6.07, 6.45) is 0.744. The molecule has 0 fully saturated rings. The average Bonchev–Trinajstić information content (AvgIpc) is 2.47. The van der Waals surface area contributed by atoms with Crippen LogP contribution in [0, 0.1) is 0 Å². The molecule has 2 aromatic rings. The van der Waals surface area contributed by atoms with Gasteiger partial charge in [0.05, 0.1) is 13.0 Å². The minimum absolute atomic E-state index is 0.0591. The number of rotatable bonds is 2. The first-order valence-corrected chi connectivity index (χ1v) is 6.30. The van der Waals surface area contributed by atoms with Gasteiger partial charge in [-0.3, -0.25) is 4.79 Å². The van der Waals surface area contributed by atoms with Crippen LogP contribution in [0.2, 0.25) is 0 Å². The van der Waals surface area contributed by atoms with E-state index in [1.165, 1.54) is 5.56 Å². The van der Waals surface area contributed by atoms with Gasteiger partial charge in [-0.05, 0) is 35.7 Å². The van der Waals surface area contributed by atoms with Crippen LogP contribution in [-0.4, -0.2) is 13.0 Å². The van der Waals surface area contributed by atoms with Crippen molar-refractivity contribution in [1.29, 1.82) is 0 Å². The maximum atomic E-state index is 12.2. The zero-order chi connectivity index (χ0) is 13.2. The molecular weight excluding hydrogens is 238 g/mol. The summed E-state index contributed by atoms with van der Waals surface area (Å²) in [6.45, 7) is 0. The summed E-state index contributed by atoms with van der Waals surface area (Å²) >= 11 is 0. The molecule has 19 heavy (non-hydrogen) atoms. The molecule has 3 rings (SSSR count). The molecule has 1 heterocycles. The molecule has 96 valence electrons. The van der Waals surface area contributed by atoms with E-state index < -0.39 is 0 Å². The second-order valence-corrected chi connectivity index (χ2v) is 4.68. The summed E-state index contributed by atoms with van der Waals surface area (Å²) < 4.78 is 5.14. The number of hydrogen-bond donors (Lipinski definition) is 1. The van der Waals surface area contributed by atoms with Gasteiger partial charge in [-0.15, -0.1) is 0 Å². The lowest BCUT2D eigenvalue weighted by Crippen LogP contribution is -2.28. The quantitative estimate of drug-likeness (QED) is 0.893. The van der Waals surface area contributed by atoms with Gasteiger partial charge in [0.2, 0.25) is 5.91 Å². The molecule has 3 nitrogen and oxygen atoms in total. The largest absolute Gasteiger partial charge is 0.497 e. The number of nitrogens with one attached hydrogen (secondary N) is 1. The highest BCUT2D eigenvalue weighted by Gasteiger charge is 2.27. The second kappa shape index (κ2) is 4.76. The molecule has 1 amide bonds. The van der Waals surface area contributed by atoms with Gasteiger partial charge in [-0.25, -0.2) is 0 Å². The van der Waals surface area contributed by atoms with Crippen LogP contribution in [0.25, 0.3) is 0 Å². The standard InChI is InChI=1S/C16H15NO2/c1-19-13-8-6-11(7-9-13)14-10-12-4-2-3-5-15(12)17-16(14)18/h2-9,14H,10H2,1H3,(H,17,18)/t14-/m1/s1. The fraction of sp³-hybridized carbons (Fsp3) is 0.188. The molecule has 0 spiro atoms. The van der Waals surface area contributed by atoms with Crippen LogP contribution in [-0.2, 0) is 11.2 Å². The zero-order valence-electron chi connectivity index (χ0n) is 10.7. The summed E-state index contributed by atoms with van der Waals surface area (Å²) in [6, 6.07) is 15.6. The Kier molecular flexibility index (Phi) is 2.95. The van der Waals surface area contributed by atoms with Crippen molar-refractivity contribution in [3.63, 3.8) is 0 Å². The van der Waals surface area contributed by atoms with E-state index in [1.54, 1.807) is 7.11 Å². The molecule has 0 aromatic heterocycles. The van der Waals surface area contributed by atoms with Gasteiger partial charge in [0, 0.05) is 5.69 Å². The van der Waals surface area contributed by atoms with Gasteiger partial charge in [0.25, 0.3) is 0 Å². The van der Waals surface area contributed by atoms with Gasteiger partial charge in [0.1, 0.15) is 5.75 Å². The molecule has 1 aliphatic rings. The molecule has 1 atom stereocenters. The molecule has 0 bridgehead atoms. The maximum absolute atomic E-state index is 12.2. The van der Waals surface area contributed by atoms with E-state index in [2.05, 4.69) is 11.4 Å². The number of benzene rings is 2. The number of hydrogen-bond acceptors (Lipinski definition) is 2. The highest BCUT2D eigenvalue weighted by Crippen LogP contribution is 2.31. The summed E-state index contributed by atoms with van der Waals surface area (Å²) in [5, 5.41) is 2.97. The maximum Gasteiger partial charge on any atom is 0.232 e. The smallest absolute Gasteiger partial charge is 0.232 e. The van der Waals surface area contributed by atoms with Gasteiger partial charge >= 0.3 is 0 Å². The average molecular weight is 253 g/mol. The Hall–Kier alpha value is -2.29. The van der Waals surface area contributed by atoms with E-state index in [0.717, 1.165) is 23.4 Å². The highest BCUT2D eigenvalue weighted by atomic mass is 16.5. The number of carbonyl (C=O) groups excluding carboxylic acids is 1. The molecule has 3 heteroatoms. The topological polar surface area (TPSA) is 38.3 Å². The van der Waals surface area contributed by atoms with Crippen molar-refractivity contribution in [1.82, 2.24) is 0 Å². The minimum Gasteiger partial charge on any atom is -0.497 e. The van der Waals surface area contributed by atoms with E-state index >= 15 is 0 Å². The second-order valence-electron chi connectivity index (χ2n) is 4.68. The van der Waals surface area contributed by atoms with Crippen molar-refractivity contribution in [2.45, 2.75) is 12.3 Å². The van der Waals surface area contributed by atoms with Crippen LogP contribution in [0.15, 0.2) is 48.5 Å². The monoisotopic (exact) mass is 253 g/mol. The minimum atomic E-state index is -0.124. The zero-order valence-corrected chi connectivity index (χ0v) is 10.7. The molecule has 0 saturated carbocycles. The highest BCUT2D eigenvalue weighted by molar-refractivity contribution is 5.98. The van der Waals surface area contributed by atoms with E-state index in [-0.39, 0.29) is 11.8 Å². The van der Waals surface area contributed by atoms with Gasteiger partial charge < -0.3 is 10.1 Å². The molecule has 0 saturated heterocycles. The van der Waals surface area contributed by atoms with Crippen LogP contribution in [0.1, 0.15) is 17.0 Å². The van der Waals surface area contributed by atoms with E-state index in [9.17, 15) is 4.79 Å². The number of carbonyl (C=O) groups is 1. The SMILES string of the molecule is COc1ccc([C@H]2Cc3ccccc3NC2=O)cc1. The molecule has 0 unspecified atom stereocenters. The Morgan fingerprint density at radius 1 is 1.11 bits per heavy atom. The molecule has 0 radical (unpaired) electrons. The lowest BCUT2D eigenvalue weighted by Gasteiger charge is -2.24. The summed E-state index contributed by atoms with van der Waals surface area (Å²) in [5.74, 6) is 0.741. The van der Waals surface area contributed by atoms with Crippen LogP contribution in [0.3, 0.4) is 0 Å². The third-order valence-corrected chi connectivity index (χ3v) is 3.53. The summed E-state index contributed by atoms with van der Waals surface area (Å²) in [7, 11) is 1.64. The van der Waals surface area contributed by atoms with Crippen molar-refractivity contribution in [3.05, 3.63) is 59.7 Å². The van der Waals surface area contributed by atoms with Crippen molar-refractivity contribution in [2.75, 3.05) is 12.4 Å². The predicted molar refractivity (Wildman–Crippen MR) is 74.5 cm³/mol. The molecule has 1 aliphatic heterocycles. The Balaban J connectivity index is 1.91. The lowest BCUT2D eigenvalue weighted by molar-refractivity contribution is -0.117. The van der Waals surface area contributed by atoms with E-state index in [4.69, 9.17) is 4.74 Å². The van der Waals surface area contributed by atoms with Crippen LogP contribution >= 0.6 is 0 Å². The number of anilines is 1. The molecule has 1 N–H and O–H groups in total. The Morgan fingerprint density at radius 2 is 1.84 bits per heavy atom. The number of methoxy groups -OCH3 is 1. The van der Waals surface area contributed by atoms with Gasteiger partial charge in [0.15, 0.2) is 0 Å². The lowest BCUT2D eigenvalue weighted by atomic mass is 9.87. The van der Waals surface area contributed by atoms with Crippen molar-refractivity contribution < 1.29 is 9.53 Å². The third-order valence-electron chi connectivity index (χ3n) is 3.53. The van der Waals surface area contributed by atoms with Crippen molar-refractivity contribution >= 4 is 11.6 Å². The van der Waals surface area contributed by atoms with Crippen LogP contribution < -0.4 is 10.1 Å². The Morgan fingerprint density at radius 3 is 2.58 bits per heavy atom. The van der Waals surface area contributed by atoms with Crippen molar-refractivity contribution in [2.24, 2.45) is 0 Å². The number of para-hydroxylation sites is 1. The molecule has 2 aromatic carbocycles. The van der Waals surface area contributed by atoms with Crippen LogP contribution in [0.4, 0.5) is 5.69 Å². The fourth-order valence-corrected chi connectivity index (χ4v) is 2.46. The Labute approximate surface area is 112 Å². The molecular formula is C16H15NO2. The fourth-order valence-electron chi connectivity index (χ4n) is 2.46. The summed E-state index contributed by atoms with van der Waals surface area (Å²) in [5.41, 5.74) is 3.13. The van der Waals surface area contributed by atoms with Gasteiger partial charge in [-0.2, -0.15) is 0 Å². The third kappa shape index (κ3) is 2.19. The first-order valence-electron chi connectivity index (χ1n) is 6.30. The van der Waals surface area contributed by atoms with Crippen LogP contribution in [0.5, 0.6) is 5.75 Å². The number of ether oxygens (including phenoxy) is 1. The first kappa shape index (κ1) is 11.8. The van der Waals surface area contributed by atoms with E-state index in [1.807, 2.05) is 42.5 Å². The molecule has 0 aliphatic carbocycles. The van der Waals surface area contributed by atoms with Gasteiger partial charge in [-0.1, -0.05) is 30.3 Å². The normalized spacial score (nSPS) is 17.5. The first-order chi connectivity index (χ1) is 9.28. The van der Waals surface area contributed by atoms with Crippen molar-refractivity contribution in [3.8, 4) is 5.75 Å². The van der Waals surface area contributed by atoms with E-state index in [0.29, 0.717) is 0 Å². The summed E-state index contributed by atoms with van der Waals surface area (Å²) in [4.78, 5) is 12.2. The number of fused-ring (bicyclic) bond motifs is 1. The number of amides is 1. The Bertz CT molecular complexity index is 604. The predicted octanol–water partition coefficient (Wildman–Crippen LogP) is 2.97.